The number of rotatable bonds is 8. The van der Waals surface area contributed by atoms with Gasteiger partial charge in [0.05, 0.1) is 23.6 Å². The van der Waals surface area contributed by atoms with Gasteiger partial charge >= 0.3 is 5.97 Å². The van der Waals surface area contributed by atoms with Crippen LogP contribution in [0.2, 0.25) is 10.0 Å². The minimum atomic E-state index is -1.08. The SMILES string of the molecule is C/C=C\C(=C/CC(=O)O)Oc1c(Cl)c(Cl)cc(/C=C/C#N)c1/C(=C/C#N)c1ccccc1F. The van der Waals surface area contributed by atoms with E-state index in [0.29, 0.717) is 5.56 Å². The third-order valence-corrected chi connectivity index (χ3v) is 4.99. The van der Waals surface area contributed by atoms with Crippen LogP contribution < -0.4 is 4.74 Å². The van der Waals surface area contributed by atoms with Crippen LogP contribution in [0.1, 0.15) is 30.0 Å². The Morgan fingerprint density at radius 2 is 1.97 bits per heavy atom. The van der Waals surface area contributed by atoms with Gasteiger partial charge in [0.15, 0.2) is 5.75 Å². The van der Waals surface area contributed by atoms with Crippen molar-refractivity contribution in [2.24, 2.45) is 0 Å². The molecule has 0 radical (unpaired) electrons. The average Bonchev–Trinajstić information content (AvgIpc) is 2.78. The van der Waals surface area contributed by atoms with Crippen molar-refractivity contribution in [1.82, 2.24) is 0 Å². The van der Waals surface area contributed by atoms with Crippen LogP contribution >= 0.6 is 23.2 Å². The number of halogens is 3. The molecule has 0 aliphatic rings. The van der Waals surface area contributed by atoms with E-state index in [1.165, 1.54) is 48.6 Å². The molecule has 0 aromatic heterocycles. The van der Waals surface area contributed by atoms with Crippen LogP contribution in [0.5, 0.6) is 5.75 Å². The van der Waals surface area contributed by atoms with Crippen molar-refractivity contribution < 1.29 is 19.0 Å². The number of hydrogen-bond acceptors (Lipinski definition) is 4. The van der Waals surface area contributed by atoms with Gasteiger partial charge in [-0.1, -0.05) is 47.5 Å². The largest absolute Gasteiger partial charge is 0.481 e. The van der Waals surface area contributed by atoms with E-state index >= 15 is 0 Å². The number of carboxylic acids is 1. The van der Waals surface area contributed by atoms with Gasteiger partial charge in [0, 0.05) is 28.9 Å². The van der Waals surface area contributed by atoms with Crippen LogP contribution in [0.4, 0.5) is 4.39 Å². The summed E-state index contributed by atoms with van der Waals surface area (Å²) in [7, 11) is 0. The molecule has 0 spiro atoms. The van der Waals surface area contributed by atoms with Gasteiger partial charge in [-0.05, 0) is 42.8 Å². The molecule has 0 amide bonds. The van der Waals surface area contributed by atoms with Crippen LogP contribution in [0.15, 0.2) is 66.5 Å². The first-order valence-electron chi connectivity index (χ1n) is 9.49. The molecule has 1 N–H and O–H groups in total. The fraction of sp³-hybridized carbons (Fsp3) is 0.0800. The van der Waals surface area contributed by atoms with Gasteiger partial charge in [0.1, 0.15) is 16.6 Å². The summed E-state index contributed by atoms with van der Waals surface area (Å²) in [4.78, 5) is 11.0. The molecule has 33 heavy (non-hydrogen) atoms. The van der Waals surface area contributed by atoms with Crippen LogP contribution in [-0.4, -0.2) is 11.1 Å². The lowest BCUT2D eigenvalue weighted by molar-refractivity contribution is -0.136. The summed E-state index contributed by atoms with van der Waals surface area (Å²) in [6, 6.07) is 11.1. The Hall–Kier alpha value is -3.84. The number of ether oxygens (including phenoxy) is 1. The van der Waals surface area contributed by atoms with Gasteiger partial charge in [-0.15, -0.1) is 0 Å². The Kier molecular flexibility index (Phi) is 9.45. The molecule has 0 bridgehead atoms. The first kappa shape index (κ1) is 25.4. The molecule has 0 atom stereocenters. The Balaban J connectivity index is 2.92. The van der Waals surface area contributed by atoms with Crippen molar-refractivity contribution in [3.05, 3.63) is 99.0 Å². The maximum absolute atomic E-state index is 14.7. The summed E-state index contributed by atoms with van der Waals surface area (Å²) in [5, 5.41) is 27.5. The molecule has 0 unspecified atom stereocenters. The highest BCUT2D eigenvalue weighted by Gasteiger charge is 2.23. The third kappa shape index (κ3) is 6.57. The van der Waals surface area contributed by atoms with Crippen LogP contribution in [0.25, 0.3) is 11.6 Å². The van der Waals surface area contributed by atoms with Gasteiger partial charge in [-0.2, -0.15) is 10.5 Å². The average molecular weight is 483 g/mol. The van der Waals surface area contributed by atoms with E-state index in [2.05, 4.69) is 0 Å². The van der Waals surface area contributed by atoms with E-state index < -0.39 is 11.8 Å². The summed E-state index contributed by atoms with van der Waals surface area (Å²) in [5.41, 5.74) is 0.771. The summed E-state index contributed by atoms with van der Waals surface area (Å²) in [5.74, 6) is -1.56. The van der Waals surface area contributed by atoms with Crippen LogP contribution in [0, 0.1) is 28.5 Å². The summed E-state index contributed by atoms with van der Waals surface area (Å²) in [6.45, 7) is 1.71. The summed E-state index contributed by atoms with van der Waals surface area (Å²) in [6.07, 6.45) is 7.88. The lowest BCUT2D eigenvalue weighted by Crippen LogP contribution is -2.03. The standard InChI is InChI=1S/C25H17Cl2FN2O3/c1-2-6-17(10-11-22(31)32)33-25-23(16(7-5-13-29)15-20(26)24(25)27)19(12-14-30)18-8-3-4-9-21(18)28/h2-10,12,15H,11H2,1H3,(H,31,32)/b6-2-,7-5+,17-10+,19-12+. The molecule has 2 aromatic carbocycles. The monoisotopic (exact) mass is 482 g/mol. The number of nitrogens with zero attached hydrogens (tertiary/aromatic N) is 2. The van der Waals surface area contributed by atoms with E-state index in [1.54, 1.807) is 19.1 Å². The Labute approximate surface area is 200 Å². The summed E-state index contributed by atoms with van der Waals surface area (Å²) >= 11 is 12.8. The molecule has 0 heterocycles. The topological polar surface area (TPSA) is 94.1 Å². The zero-order valence-electron chi connectivity index (χ0n) is 17.3. The van der Waals surface area contributed by atoms with Gasteiger partial charge in [0.25, 0.3) is 0 Å². The van der Waals surface area contributed by atoms with Gasteiger partial charge < -0.3 is 9.84 Å². The lowest BCUT2D eigenvalue weighted by Gasteiger charge is -2.20. The third-order valence-electron chi connectivity index (χ3n) is 4.22. The van der Waals surface area contributed by atoms with E-state index in [-0.39, 0.29) is 44.7 Å². The molecule has 8 heteroatoms. The number of nitriles is 2. The number of hydrogen-bond donors (Lipinski definition) is 1. The van der Waals surface area contributed by atoms with E-state index in [1.807, 2.05) is 12.1 Å². The Morgan fingerprint density at radius 3 is 2.58 bits per heavy atom. The van der Waals surface area contributed by atoms with Crippen molar-refractivity contribution in [3.8, 4) is 17.9 Å². The Bertz CT molecular complexity index is 1270. The van der Waals surface area contributed by atoms with Crippen molar-refractivity contribution in [1.29, 1.82) is 10.5 Å². The van der Waals surface area contributed by atoms with E-state index in [4.69, 9.17) is 38.3 Å². The van der Waals surface area contributed by atoms with Crippen molar-refractivity contribution in [2.75, 3.05) is 0 Å². The van der Waals surface area contributed by atoms with Crippen LogP contribution in [0.3, 0.4) is 0 Å². The molecule has 0 saturated carbocycles. The molecule has 2 aromatic rings. The zero-order valence-corrected chi connectivity index (χ0v) is 18.9. The molecule has 0 fully saturated rings. The van der Waals surface area contributed by atoms with Crippen LogP contribution in [-0.2, 0) is 4.79 Å². The second-order valence-corrected chi connectivity index (χ2v) is 7.19. The van der Waals surface area contributed by atoms with Gasteiger partial charge in [-0.25, -0.2) is 4.39 Å². The highest BCUT2D eigenvalue weighted by atomic mass is 35.5. The molecule has 166 valence electrons. The predicted molar refractivity (Wildman–Crippen MR) is 126 cm³/mol. The lowest BCUT2D eigenvalue weighted by atomic mass is 9.92. The molecule has 0 saturated heterocycles. The Morgan fingerprint density at radius 1 is 1.24 bits per heavy atom. The highest BCUT2D eigenvalue weighted by molar-refractivity contribution is 6.43. The molecule has 2 rings (SSSR count). The number of benzene rings is 2. The molecular formula is C25H17Cl2FN2O3. The number of allylic oxidation sites excluding steroid dienone is 4. The first-order chi connectivity index (χ1) is 15.8. The number of carbonyl (C=O) groups is 1. The van der Waals surface area contributed by atoms with Gasteiger partial charge in [-0.3, -0.25) is 4.79 Å². The van der Waals surface area contributed by atoms with Gasteiger partial charge in [0.2, 0.25) is 0 Å². The van der Waals surface area contributed by atoms with E-state index in [9.17, 15) is 14.4 Å². The summed E-state index contributed by atoms with van der Waals surface area (Å²) < 4.78 is 20.7. The minimum Gasteiger partial charge on any atom is -0.481 e. The quantitative estimate of drug-likeness (QED) is 0.249. The fourth-order valence-corrected chi connectivity index (χ4v) is 3.29. The maximum atomic E-state index is 14.7. The molecular weight excluding hydrogens is 466 g/mol. The second kappa shape index (κ2) is 12.3. The molecule has 5 nitrogen and oxygen atoms in total. The fourth-order valence-electron chi connectivity index (χ4n) is 2.90. The zero-order chi connectivity index (χ0) is 24.4. The predicted octanol–water partition coefficient (Wildman–Crippen LogP) is 6.94. The number of carboxylic acid groups (broad SMARTS) is 1. The highest BCUT2D eigenvalue weighted by Crippen LogP contribution is 2.44. The maximum Gasteiger partial charge on any atom is 0.307 e. The smallest absolute Gasteiger partial charge is 0.307 e. The molecule has 0 aliphatic heterocycles. The second-order valence-electron chi connectivity index (χ2n) is 6.40. The first-order valence-corrected chi connectivity index (χ1v) is 10.2. The number of aliphatic carboxylic acids is 1. The van der Waals surface area contributed by atoms with Crippen molar-refractivity contribution in [2.45, 2.75) is 13.3 Å². The van der Waals surface area contributed by atoms with Crippen molar-refractivity contribution >= 4 is 40.8 Å². The minimum absolute atomic E-state index is 0.0266. The van der Waals surface area contributed by atoms with Crippen molar-refractivity contribution in [3.63, 3.8) is 0 Å². The normalized spacial score (nSPS) is 12.1. The van der Waals surface area contributed by atoms with E-state index in [0.717, 1.165) is 6.08 Å². The molecule has 0 aliphatic carbocycles.